The van der Waals surface area contributed by atoms with E-state index in [1.54, 1.807) is 16.9 Å². The summed E-state index contributed by atoms with van der Waals surface area (Å²) in [5.74, 6) is 0.670. The Labute approximate surface area is 71.1 Å². The average molecular weight is 196 g/mol. The fraction of sp³-hybridized carbons (Fsp3) is 0.333. The van der Waals surface area contributed by atoms with Crippen LogP contribution < -0.4 is 4.35 Å². The van der Waals surface area contributed by atoms with Crippen LogP contribution in [-0.2, 0) is 0 Å². The molecule has 1 atom stereocenters. The zero-order valence-corrected chi connectivity index (χ0v) is 8.89. The van der Waals surface area contributed by atoms with Gasteiger partial charge in [0, 0.05) is 0 Å². The molecule has 1 unspecified atom stereocenters. The van der Waals surface area contributed by atoms with Gasteiger partial charge in [0.1, 0.15) is 0 Å². The third kappa shape index (κ3) is 1.64. The number of hydrogen-bond donors (Lipinski definition) is 0. The molecule has 0 saturated heterocycles. The van der Waals surface area contributed by atoms with Crippen LogP contribution in [-0.4, -0.2) is 16.9 Å². The molecule has 0 aromatic heterocycles. The quantitative estimate of drug-likeness (QED) is 0.589. The maximum absolute atomic E-state index is 2.23. The van der Waals surface area contributed by atoms with Crippen LogP contribution in [0.4, 0.5) is 0 Å². The summed E-state index contributed by atoms with van der Waals surface area (Å²) in [5, 5.41) is 0. The van der Waals surface area contributed by atoms with Crippen LogP contribution in [0.15, 0.2) is 24.3 Å². The molecule has 1 aromatic rings. The van der Waals surface area contributed by atoms with E-state index in [0.29, 0.717) is 5.92 Å². The molecular weight excluding hydrogens is 183 g/mol. The molecule has 0 radical (unpaired) electrons. The standard InChI is InChI=1S/C9H13As/c1-7(2)8-5-3-4-6-9(8)10/h3-7H,10H2,1-2H3. The van der Waals surface area contributed by atoms with Crippen molar-refractivity contribution < 1.29 is 0 Å². The van der Waals surface area contributed by atoms with E-state index in [4.69, 9.17) is 0 Å². The first-order chi connectivity index (χ1) is 4.72. The molecule has 0 nitrogen and oxygen atoms in total. The summed E-state index contributed by atoms with van der Waals surface area (Å²) in [4.78, 5) is 0. The number of rotatable bonds is 1. The summed E-state index contributed by atoms with van der Waals surface area (Å²) >= 11 is 1.72. The van der Waals surface area contributed by atoms with Crippen LogP contribution in [0, 0.1) is 0 Å². The number of benzene rings is 1. The fourth-order valence-electron chi connectivity index (χ4n) is 1.04. The van der Waals surface area contributed by atoms with Gasteiger partial charge in [0.05, 0.1) is 0 Å². The molecule has 0 saturated carbocycles. The van der Waals surface area contributed by atoms with Crippen molar-refractivity contribution in [2.45, 2.75) is 19.8 Å². The summed E-state index contributed by atoms with van der Waals surface area (Å²) in [6.45, 7) is 4.47. The van der Waals surface area contributed by atoms with E-state index in [1.807, 2.05) is 0 Å². The zero-order valence-electron chi connectivity index (χ0n) is 6.46. The van der Waals surface area contributed by atoms with Crippen LogP contribution in [0.5, 0.6) is 0 Å². The van der Waals surface area contributed by atoms with Gasteiger partial charge in [0.2, 0.25) is 0 Å². The minimum atomic E-state index is 0.670. The Morgan fingerprint density at radius 1 is 1.20 bits per heavy atom. The first kappa shape index (κ1) is 7.88. The molecule has 0 aliphatic rings. The maximum atomic E-state index is 2.23. The fourth-order valence-corrected chi connectivity index (χ4v) is 2.17. The molecule has 1 rings (SSSR count). The third-order valence-electron chi connectivity index (χ3n) is 1.62. The predicted octanol–water partition coefficient (Wildman–Crippen LogP) is 1.07. The van der Waals surface area contributed by atoms with E-state index >= 15 is 0 Å². The van der Waals surface area contributed by atoms with Crippen molar-refractivity contribution in [2.24, 2.45) is 0 Å². The summed E-state index contributed by atoms with van der Waals surface area (Å²) in [6.07, 6.45) is 0. The monoisotopic (exact) mass is 196 g/mol. The molecular formula is C9H13As. The van der Waals surface area contributed by atoms with Gasteiger partial charge >= 0.3 is 70.8 Å². The molecule has 0 fully saturated rings. The summed E-state index contributed by atoms with van der Waals surface area (Å²) < 4.78 is 1.46. The van der Waals surface area contributed by atoms with Crippen molar-refractivity contribution in [3.63, 3.8) is 0 Å². The molecule has 0 N–H and O–H groups in total. The topological polar surface area (TPSA) is 0 Å². The van der Waals surface area contributed by atoms with Gasteiger partial charge in [0.15, 0.2) is 0 Å². The summed E-state index contributed by atoms with van der Waals surface area (Å²) in [6, 6.07) is 8.61. The molecule has 0 heterocycles. The molecule has 0 amide bonds. The van der Waals surface area contributed by atoms with Crippen LogP contribution >= 0.6 is 0 Å². The van der Waals surface area contributed by atoms with Gasteiger partial charge in [-0.05, 0) is 0 Å². The Bertz CT molecular complexity index is 216. The van der Waals surface area contributed by atoms with Crippen LogP contribution in [0.25, 0.3) is 0 Å². The van der Waals surface area contributed by atoms with E-state index < -0.39 is 0 Å². The van der Waals surface area contributed by atoms with Gasteiger partial charge in [-0.15, -0.1) is 0 Å². The van der Waals surface area contributed by atoms with Crippen LogP contribution in [0.1, 0.15) is 25.3 Å². The van der Waals surface area contributed by atoms with Crippen molar-refractivity contribution in [3.05, 3.63) is 29.8 Å². The van der Waals surface area contributed by atoms with Gasteiger partial charge in [-0.2, -0.15) is 0 Å². The van der Waals surface area contributed by atoms with Crippen molar-refractivity contribution in [1.82, 2.24) is 0 Å². The molecule has 1 heteroatoms. The van der Waals surface area contributed by atoms with Crippen molar-refractivity contribution in [2.75, 3.05) is 0 Å². The Balaban J connectivity index is 3.03. The minimum absolute atomic E-state index is 0.670. The Morgan fingerprint density at radius 2 is 1.80 bits per heavy atom. The molecule has 1 aromatic carbocycles. The van der Waals surface area contributed by atoms with Gasteiger partial charge in [0.25, 0.3) is 0 Å². The second-order valence-corrected chi connectivity index (χ2v) is 4.09. The van der Waals surface area contributed by atoms with Crippen molar-refractivity contribution in [1.29, 1.82) is 0 Å². The first-order valence-electron chi connectivity index (χ1n) is 3.56. The van der Waals surface area contributed by atoms with Crippen LogP contribution in [0.2, 0.25) is 0 Å². The molecule has 0 aliphatic carbocycles. The second kappa shape index (κ2) is 3.25. The Morgan fingerprint density at radius 3 is 2.20 bits per heavy atom. The molecule has 0 bridgehead atoms. The van der Waals surface area contributed by atoms with Gasteiger partial charge in [-0.3, -0.25) is 0 Å². The SMILES string of the molecule is CC(C)c1ccccc1[AsH2]. The molecule has 10 heavy (non-hydrogen) atoms. The van der Waals surface area contributed by atoms with E-state index in [-0.39, 0.29) is 0 Å². The molecule has 0 aliphatic heterocycles. The summed E-state index contributed by atoms with van der Waals surface area (Å²) in [5.41, 5.74) is 1.49. The second-order valence-electron chi connectivity index (χ2n) is 2.78. The van der Waals surface area contributed by atoms with E-state index in [9.17, 15) is 0 Å². The summed E-state index contributed by atoms with van der Waals surface area (Å²) in [7, 11) is 0. The first-order valence-corrected chi connectivity index (χ1v) is 4.77. The van der Waals surface area contributed by atoms with Crippen LogP contribution in [0.3, 0.4) is 0 Å². The van der Waals surface area contributed by atoms with E-state index in [2.05, 4.69) is 38.1 Å². The zero-order chi connectivity index (χ0) is 7.56. The van der Waals surface area contributed by atoms with Gasteiger partial charge < -0.3 is 0 Å². The van der Waals surface area contributed by atoms with E-state index in [0.717, 1.165) is 0 Å². The predicted molar refractivity (Wildman–Crippen MR) is 48.7 cm³/mol. The Kier molecular flexibility index (Phi) is 2.56. The third-order valence-corrected chi connectivity index (χ3v) is 2.72. The molecule has 54 valence electrons. The van der Waals surface area contributed by atoms with Crippen molar-refractivity contribution in [3.8, 4) is 0 Å². The van der Waals surface area contributed by atoms with Crippen molar-refractivity contribution >= 4 is 21.2 Å². The van der Waals surface area contributed by atoms with Gasteiger partial charge in [-0.25, -0.2) is 0 Å². The number of hydrogen-bond acceptors (Lipinski definition) is 0. The molecule has 0 spiro atoms. The van der Waals surface area contributed by atoms with E-state index in [1.165, 1.54) is 9.91 Å². The Hall–Kier alpha value is -0.222. The normalized spacial score (nSPS) is 10.4. The van der Waals surface area contributed by atoms with Gasteiger partial charge in [-0.1, -0.05) is 0 Å². The average Bonchev–Trinajstić information content (AvgIpc) is 1.88.